The summed E-state index contributed by atoms with van der Waals surface area (Å²) in [6.45, 7) is 3.06. The van der Waals surface area contributed by atoms with Gasteiger partial charge in [-0.15, -0.1) is 0 Å². The van der Waals surface area contributed by atoms with Gasteiger partial charge in [0.1, 0.15) is 5.69 Å². The standard InChI is InChI=1S/C25H25N11O2/c1-26-24(37)17-3-4-28-22-19(17)31-23(32-22)20-18-10-15(12-29-21(18)34-33-20)14-9-16(13-27-11-14)30-25(38)36-7-5-35(2)6-8-36/h3-4,9-13H,5-8H2,1-2H3,(H,26,37)(H,30,38)(H,28,31,32)(H,29,33,34). The minimum Gasteiger partial charge on any atom is -0.355 e. The van der Waals surface area contributed by atoms with Crippen molar-refractivity contribution in [2.75, 3.05) is 45.6 Å². The number of carbonyl (C=O) groups is 2. The molecule has 13 heteroatoms. The summed E-state index contributed by atoms with van der Waals surface area (Å²) in [5.74, 6) is 0.245. The summed E-state index contributed by atoms with van der Waals surface area (Å²) in [7, 11) is 3.62. The fraction of sp³-hybridized carbons (Fsp3) is 0.240. The molecule has 0 bridgehead atoms. The van der Waals surface area contributed by atoms with Crippen molar-refractivity contribution in [3.05, 3.63) is 48.5 Å². The van der Waals surface area contributed by atoms with Crippen LogP contribution in [0, 0.1) is 0 Å². The number of pyridine rings is 3. The molecule has 6 rings (SSSR count). The van der Waals surface area contributed by atoms with E-state index in [4.69, 9.17) is 0 Å². The molecule has 0 unspecified atom stereocenters. The van der Waals surface area contributed by atoms with Crippen LogP contribution in [0.4, 0.5) is 10.5 Å². The molecule has 6 heterocycles. The molecule has 38 heavy (non-hydrogen) atoms. The van der Waals surface area contributed by atoms with Crippen LogP contribution in [0.1, 0.15) is 10.4 Å². The normalized spacial score (nSPS) is 14.2. The Morgan fingerprint density at radius 2 is 1.82 bits per heavy atom. The summed E-state index contributed by atoms with van der Waals surface area (Å²) in [6, 6.07) is 5.29. The van der Waals surface area contributed by atoms with Gasteiger partial charge >= 0.3 is 6.03 Å². The summed E-state index contributed by atoms with van der Waals surface area (Å²) in [4.78, 5) is 49.9. The molecule has 1 saturated heterocycles. The molecule has 5 aromatic heterocycles. The lowest BCUT2D eigenvalue weighted by molar-refractivity contribution is 0.0964. The van der Waals surface area contributed by atoms with Crippen molar-refractivity contribution in [1.29, 1.82) is 0 Å². The Labute approximate surface area is 216 Å². The van der Waals surface area contributed by atoms with Gasteiger partial charge in [0.2, 0.25) is 0 Å². The average molecular weight is 512 g/mol. The lowest BCUT2D eigenvalue weighted by Crippen LogP contribution is -2.48. The van der Waals surface area contributed by atoms with Crippen molar-refractivity contribution in [3.8, 4) is 22.6 Å². The van der Waals surface area contributed by atoms with Gasteiger partial charge in [-0.25, -0.2) is 19.7 Å². The van der Waals surface area contributed by atoms with Crippen molar-refractivity contribution in [2.45, 2.75) is 0 Å². The van der Waals surface area contributed by atoms with Crippen LogP contribution in [-0.4, -0.2) is 97.1 Å². The number of nitrogens with zero attached hydrogens (tertiary/aromatic N) is 7. The van der Waals surface area contributed by atoms with Crippen LogP contribution in [0.5, 0.6) is 0 Å². The number of urea groups is 1. The number of nitrogens with one attached hydrogen (secondary N) is 4. The van der Waals surface area contributed by atoms with Crippen LogP contribution >= 0.6 is 0 Å². The van der Waals surface area contributed by atoms with E-state index in [1.807, 2.05) is 19.2 Å². The van der Waals surface area contributed by atoms with Crippen LogP contribution in [0.15, 0.2) is 43.0 Å². The van der Waals surface area contributed by atoms with Gasteiger partial charge in [-0.2, -0.15) is 5.10 Å². The van der Waals surface area contributed by atoms with E-state index in [9.17, 15) is 9.59 Å². The number of aromatic amines is 2. The van der Waals surface area contributed by atoms with Crippen molar-refractivity contribution < 1.29 is 9.59 Å². The van der Waals surface area contributed by atoms with E-state index in [0.717, 1.165) is 29.6 Å². The number of rotatable bonds is 4. The average Bonchev–Trinajstić information content (AvgIpc) is 3.56. The van der Waals surface area contributed by atoms with Gasteiger partial charge in [0.05, 0.1) is 28.4 Å². The van der Waals surface area contributed by atoms with Crippen LogP contribution < -0.4 is 10.6 Å². The minimum absolute atomic E-state index is 0.141. The predicted octanol–water partition coefficient (Wildman–Crippen LogP) is 2.10. The minimum atomic E-state index is -0.238. The number of amides is 3. The van der Waals surface area contributed by atoms with Crippen molar-refractivity contribution in [2.24, 2.45) is 0 Å². The Hall–Kier alpha value is -4.91. The van der Waals surface area contributed by atoms with Gasteiger partial charge in [0.25, 0.3) is 5.91 Å². The lowest BCUT2D eigenvalue weighted by atomic mass is 10.1. The van der Waals surface area contributed by atoms with E-state index in [1.54, 1.807) is 42.8 Å². The quantitative estimate of drug-likeness (QED) is 0.285. The second-order valence-electron chi connectivity index (χ2n) is 9.10. The monoisotopic (exact) mass is 511 g/mol. The van der Waals surface area contributed by atoms with Crippen molar-refractivity contribution in [1.82, 2.24) is 50.2 Å². The molecule has 13 nitrogen and oxygen atoms in total. The third-order valence-electron chi connectivity index (χ3n) is 6.62. The molecule has 0 radical (unpaired) electrons. The summed E-state index contributed by atoms with van der Waals surface area (Å²) in [5, 5.41) is 13.6. The number of imidazole rings is 1. The van der Waals surface area contributed by atoms with E-state index < -0.39 is 0 Å². The van der Waals surface area contributed by atoms with Gasteiger partial charge in [0, 0.05) is 62.9 Å². The number of H-pyrrole nitrogens is 2. The summed E-state index contributed by atoms with van der Waals surface area (Å²) < 4.78 is 0. The third-order valence-corrected chi connectivity index (χ3v) is 6.62. The molecule has 0 atom stereocenters. The third kappa shape index (κ3) is 4.28. The molecular formula is C25H25N11O2. The summed E-state index contributed by atoms with van der Waals surface area (Å²) in [5.41, 5.74) is 4.70. The van der Waals surface area contributed by atoms with Crippen LogP contribution in [0.25, 0.3) is 44.8 Å². The molecule has 4 N–H and O–H groups in total. The molecule has 1 aliphatic heterocycles. The van der Waals surface area contributed by atoms with Crippen molar-refractivity contribution >= 4 is 39.8 Å². The van der Waals surface area contributed by atoms with E-state index in [0.29, 0.717) is 52.7 Å². The number of hydrogen-bond acceptors (Lipinski definition) is 8. The first-order valence-electron chi connectivity index (χ1n) is 12.1. The number of fused-ring (bicyclic) bond motifs is 2. The van der Waals surface area contributed by atoms with Gasteiger partial charge in [0.15, 0.2) is 17.1 Å². The molecule has 5 aromatic rings. The fourth-order valence-electron chi connectivity index (χ4n) is 4.47. The first-order chi connectivity index (χ1) is 18.5. The second kappa shape index (κ2) is 9.52. The zero-order valence-corrected chi connectivity index (χ0v) is 20.8. The number of likely N-dealkylation sites (N-methyl/N-ethyl adjacent to an activating group) is 1. The molecule has 0 spiro atoms. The highest BCUT2D eigenvalue weighted by atomic mass is 16.2. The first-order valence-corrected chi connectivity index (χ1v) is 12.1. The lowest BCUT2D eigenvalue weighted by Gasteiger charge is -2.32. The highest BCUT2D eigenvalue weighted by molar-refractivity contribution is 6.05. The molecule has 0 aliphatic carbocycles. The highest BCUT2D eigenvalue weighted by Crippen LogP contribution is 2.30. The predicted molar refractivity (Wildman–Crippen MR) is 141 cm³/mol. The second-order valence-corrected chi connectivity index (χ2v) is 9.10. The number of carbonyl (C=O) groups excluding carboxylic acids is 2. The number of anilines is 1. The summed E-state index contributed by atoms with van der Waals surface area (Å²) >= 11 is 0. The zero-order chi connectivity index (χ0) is 26.2. The smallest absolute Gasteiger partial charge is 0.321 e. The van der Waals surface area contributed by atoms with E-state index >= 15 is 0 Å². The summed E-state index contributed by atoms with van der Waals surface area (Å²) in [6.07, 6.45) is 6.59. The maximum absolute atomic E-state index is 12.7. The maximum Gasteiger partial charge on any atom is 0.321 e. The fourth-order valence-corrected chi connectivity index (χ4v) is 4.47. The zero-order valence-electron chi connectivity index (χ0n) is 20.8. The Morgan fingerprint density at radius 3 is 2.63 bits per heavy atom. The van der Waals surface area contributed by atoms with Crippen molar-refractivity contribution in [3.63, 3.8) is 0 Å². The van der Waals surface area contributed by atoms with Crippen LogP contribution in [-0.2, 0) is 0 Å². The molecule has 1 aliphatic rings. The number of piperazine rings is 1. The maximum atomic E-state index is 12.7. The van der Waals surface area contributed by atoms with Gasteiger partial charge in [-0.3, -0.25) is 14.9 Å². The molecule has 0 aromatic carbocycles. The molecular weight excluding hydrogens is 486 g/mol. The van der Waals surface area contributed by atoms with E-state index in [2.05, 4.69) is 50.7 Å². The highest BCUT2D eigenvalue weighted by Gasteiger charge is 2.20. The largest absolute Gasteiger partial charge is 0.355 e. The Bertz CT molecular complexity index is 1670. The Morgan fingerprint density at radius 1 is 1.00 bits per heavy atom. The van der Waals surface area contributed by atoms with Gasteiger partial charge in [-0.05, 0) is 25.2 Å². The van der Waals surface area contributed by atoms with Gasteiger partial charge < -0.3 is 25.4 Å². The van der Waals surface area contributed by atoms with Crippen LogP contribution in [0.3, 0.4) is 0 Å². The number of hydrogen-bond donors (Lipinski definition) is 4. The molecule has 192 valence electrons. The SMILES string of the molecule is CNC(=O)c1ccnc2nc(-c3[nH]nc4ncc(-c5cncc(NC(=O)N6CCN(C)CC6)c5)cc34)[nH]c12. The number of aromatic nitrogens is 7. The van der Waals surface area contributed by atoms with Gasteiger partial charge in [-0.1, -0.05) is 0 Å². The molecule has 1 fully saturated rings. The Kier molecular flexibility index (Phi) is 5.88. The molecule has 0 saturated carbocycles. The first kappa shape index (κ1) is 23.5. The topological polar surface area (TPSA) is 161 Å². The Balaban J connectivity index is 1.31. The van der Waals surface area contributed by atoms with E-state index in [1.165, 1.54) is 0 Å². The van der Waals surface area contributed by atoms with E-state index in [-0.39, 0.29) is 11.9 Å². The molecule has 3 amide bonds. The van der Waals surface area contributed by atoms with Crippen LogP contribution in [0.2, 0.25) is 0 Å².